The molecule has 27 heteroatoms. The Labute approximate surface area is 533 Å². The van der Waals surface area contributed by atoms with Crippen LogP contribution in [-0.2, 0) is 58.4 Å². The molecule has 27 nitrogen and oxygen atoms in total. The maximum Gasteiger partial charge on any atom is 0.415 e. The van der Waals surface area contributed by atoms with Gasteiger partial charge in [-0.25, -0.2) is 14.4 Å². The SMILES string of the molecule is CC/C=C(/OC(=O)N(C)[C@@H](CNC(=O)[C@@H](CCCNC(=N)N)NC(=O)CNC(C)=O)C(=O)NCCCC[C@H](NC(=O)OCc1ccccc1)C(=O)NCCOc1ccc(C(=O)Oc2ccc(CNC(=N)N)cc2)cc1)[C@@H]1Oc2c(OC)ccc3c2[C@]12C[C@@H]1CC1(C3)C2. The Balaban J connectivity index is 0.902. The average molecular weight is 1270 g/mol. The smallest absolute Gasteiger partial charge is 0.415 e. The molecule has 7 amide bonds. The van der Waals surface area contributed by atoms with Crippen LogP contribution < -0.4 is 72.9 Å². The first-order valence-electron chi connectivity index (χ1n) is 30.8. The molecule has 7 atom stereocenters. The van der Waals surface area contributed by atoms with Crippen LogP contribution in [0, 0.1) is 22.2 Å². The van der Waals surface area contributed by atoms with Crippen LogP contribution in [0.1, 0.15) is 104 Å². The molecule has 1 unspecified atom stereocenters. The predicted octanol–water partition coefficient (Wildman–Crippen LogP) is 3.76. The van der Waals surface area contributed by atoms with E-state index in [0.717, 1.165) is 47.3 Å². The van der Waals surface area contributed by atoms with Gasteiger partial charge in [-0.15, -0.1) is 0 Å². The summed E-state index contributed by atoms with van der Waals surface area (Å²) < 4.78 is 35.7. The molecule has 492 valence electrons. The van der Waals surface area contributed by atoms with Crippen LogP contribution in [0.5, 0.6) is 23.0 Å². The summed E-state index contributed by atoms with van der Waals surface area (Å²) in [5.41, 5.74) is 14.6. The predicted molar refractivity (Wildman–Crippen MR) is 337 cm³/mol. The van der Waals surface area contributed by atoms with Gasteiger partial charge in [0.05, 0.1) is 25.8 Å². The van der Waals surface area contributed by atoms with Gasteiger partial charge in [0, 0.05) is 51.1 Å². The number of likely N-dealkylation sites (N-methyl/N-ethyl adjacent to an activating group) is 1. The highest BCUT2D eigenvalue weighted by atomic mass is 16.6. The summed E-state index contributed by atoms with van der Waals surface area (Å²) in [6, 6.07) is 22.3. The first-order chi connectivity index (χ1) is 44.2. The van der Waals surface area contributed by atoms with Gasteiger partial charge in [-0.05, 0) is 141 Å². The van der Waals surface area contributed by atoms with Crippen LogP contribution in [0.15, 0.2) is 103 Å². The maximum atomic E-state index is 14.6. The number of rotatable bonds is 33. The number of hydrogen-bond donors (Lipinski definition) is 12. The number of nitrogens with zero attached hydrogens (tertiary/aromatic N) is 1. The van der Waals surface area contributed by atoms with E-state index < -0.39 is 90.4 Å². The Morgan fingerprint density at radius 3 is 2.14 bits per heavy atom. The fourth-order valence-corrected chi connectivity index (χ4v) is 12.2. The molecular weight excluding hydrogens is 1190 g/mol. The minimum atomic E-state index is -1.40. The molecule has 2 saturated carbocycles. The van der Waals surface area contributed by atoms with Gasteiger partial charge in [-0.2, -0.15) is 0 Å². The Bertz CT molecular complexity index is 3370. The molecule has 1 aliphatic heterocycles. The molecule has 92 heavy (non-hydrogen) atoms. The summed E-state index contributed by atoms with van der Waals surface area (Å²) >= 11 is 0. The van der Waals surface area contributed by atoms with E-state index in [-0.39, 0.29) is 93.6 Å². The molecule has 3 aliphatic carbocycles. The van der Waals surface area contributed by atoms with Gasteiger partial charge < -0.3 is 82.4 Å². The van der Waals surface area contributed by atoms with Crippen LogP contribution in [-0.4, -0.2) is 142 Å². The molecule has 14 N–H and O–H groups in total. The Morgan fingerprint density at radius 2 is 1.43 bits per heavy atom. The second-order valence-corrected chi connectivity index (χ2v) is 23.4. The van der Waals surface area contributed by atoms with Crippen molar-refractivity contribution >= 4 is 59.6 Å². The van der Waals surface area contributed by atoms with Crippen LogP contribution in [0.3, 0.4) is 0 Å². The number of amides is 7. The zero-order valence-electron chi connectivity index (χ0n) is 52.2. The van der Waals surface area contributed by atoms with Gasteiger partial charge in [0.25, 0.3) is 0 Å². The average Bonchev–Trinajstić information content (AvgIpc) is 1.49. The molecule has 8 rings (SSSR count). The van der Waals surface area contributed by atoms with Crippen LogP contribution in [0.4, 0.5) is 9.59 Å². The number of allylic oxidation sites excluding steroid dienone is 1. The summed E-state index contributed by atoms with van der Waals surface area (Å²) in [5.74, 6) is -1.38. The third-order valence-corrected chi connectivity index (χ3v) is 16.8. The number of carbonyl (C=O) groups excluding carboxylic acids is 8. The molecule has 4 aromatic rings. The van der Waals surface area contributed by atoms with Gasteiger partial charge in [-0.3, -0.25) is 39.7 Å². The number of methoxy groups -OCH3 is 1. The quantitative estimate of drug-likeness (QED) is 0.00807. The first kappa shape index (κ1) is 67.8. The first-order valence-corrected chi connectivity index (χ1v) is 30.8. The Hall–Kier alpha value is -10.1. The third kappa shape index (κ3) is 17.9. The van der Waals surface area contributed by atoms with Gasteiger partial charge in [-0.1, -0.05) is 55.5 Å². The van der Waals surface area contributed by atoms with E-state index in [4.69, 9.17) is 50.7 Å². The minimum absolute atomic E-state index is 0.0183. The van der Waals surface area contributed by atoms with Crippen molar-refractivity contribution < 1.29 is 66.8 Å². The normalized spacial score (nSPS) is 18.6. The number of guanidine groups is 2. The van der Waals surface area contributed by atoms with Gasteiger partial charge in [0.2, 0.25) is 29.5 Å². The highest BCUT2D eigenvalue weighted by Crippen LogP contribution is 2.77. The second-order valence-electron chi connectivity index (χ2n) is 23.4. The molecule has 4 aliphatic rings. The highest BCUT2D eigenvalue weighted by molar-refractivity contribution is 5.92. The number of benzene rings is 4. The standard InChI is InChI=1S/C65H83N13O14/c1-5-12-51(55-65-33-44-32-64(44,38-65)31-43-21-26-50(87-4)54(92-55)53(43)65)91-63(86)78(3)49(35-74-57(82)47(16-11-28-72-60(66)67)76-52(80)36-73-39(2)79)58(83)70-27-10-9-15-48(77-62(85)89-37-41-13-7-6-8-14-41)56(81)71-29-30-88-45-24-19-42(20-25-45)59(84)90-46-22-17-40(18-23-46)34-75-61(68)69/h6-8,12-14,17-26,44,47-49,55H,5,9-11,15-16,27-38H2,1-4H3,(H,70,83)(H,71,81)(H,73,79)(H,74,82)(H,76,80)(H,77,85)(H4,66,67,72)(H4,68,69,75)/b51-12+/t44-,47+,48-,49-,55-,64?,65+/m0/s1. The largest absolute Gasteiger partial charge is 0.493 e. The van der Waals surface area contributed by atoms with Crippen molar-refractivity contribution in [2.45, 2.75) is 121 Å². The lowest BCUT2D eigenvalue weighted by Gasteiger charge is -2.38. The van der Waals surface area contributed by atoms with Crippen LogP contribution in [0.25, 0.3) is 0 Å². The summed E-state index contributed by atoms with van der Waals surface area (Å²) in [4.78, 5) is 109. The number of nitrogens with one attached hydrogen (secondary N) is 10. The lowest BCUT2D eigenvalue weighted by atomic mass is 9.65. The van der Waals surface area contributed by atoms with Gasteiger partial charge in [0.15, 0.2) is 29.5 Å². The summed E-state index contributed by atoms with van der Waals surface area (Å²) in [6.07, 6.45) is 4.62. The Morgan fingerprint density at radius 1 is 0.750 bits per heavy atom. The minimum Gasteiger partial charge on any atom is -0.493 e. The number of ether oxygens (including phenoxy) is 6. The lowest BCUT2D eigenvalue weighted by molar-refractivity contribution is -0.130. The second kappa shape index (κ2) is 31.6. The topological polar surface area (TPSA) is 391 Å². The van der Waals surface area contributed by atoms with Crippen molar-refractivity contribution in [1.29, 1.82) is 10.8 Å². The lowest BCUT2D eigenvalue weighted by Crippen LogP contribution is -2.56. The van der Waals surface area contributed by atoms with E-state index in [9.17, 15) is 38.4 Å². The molecular formula is C65H83N13O14. The summed E-state index contributed by atoms with van der Waals surface area (Å²) in [5, 5.41) is 36.3. The van der Waals surface area contributed by atoms with Crippen molar-refractivity contribution in [2.24, 2.45) is 22.8 Å². The van der Waals surface area contributed by atoms with Gasteiger partial charge >= 0.3 is 18.2 Å². The number of nitrogens with two attached hydrogens (primary N) is 2. The molecule has 2 fully saturated rings. The monoisotopic (exact) mass is 1270 g/mol. The Kier molecular flexibility index (Phi) is 23.3. The van der Waals surface area contributed by atoms with Crippen molar-refractivity contribution in [2.75, 3.05) is 53.5 Å². The summed E-state index contributed by atoms with van der Waals surface area (Å²) in [7, 11) is 2.96. The van der Waals surface area contributed by atoms with E-state index in [2.05, 4.69) is 48.6 Å². The van der Waals surface area contributed by atoms with Crippen LogP contribution in [0.2, 0.25) is 0 Å². The fourth-order valence-electron chi connectivity index (χ4n) is 12.2. The number of alkyl carbamates (subject to hydrolysis) is 1. The molecule has 4 aromatic carbocycles. The maximum absolute atomic E-state index is 14.6. The zero-order valence-corrected chi connectivity index (χ0v) is 52.2. The van der Waals surface area contributed by atoms with Crippen molar-refractivity contribution in [3.05, 3.63) is 131 Å². The van der Waals surface area contributed by atoms with E-state index in [1.54, 1.807) is 67.8 Å². The van der Waals surface area contributed by atoms with E-state index in [1.165, 1.54) is 31.7 Å². The molecule has 2 bridgehead atoms. The summed E-state index contributed by atoms with van der Waals surface area (Å²) in [6.45, 7) is 2.83. The fraction of sp³-hybridized carbons (Fsp3) is 0.446. The van der Waals surface area contributed by atoms with E-state index in [0.29, 0.717) is 41.9 Å². The third-order valence-electron chi connectivity index (χ3n) is 16.8. The molecule has 1 heterocycles. The molecule has 2 spiro atoms. The number of carbonyl (C=O) groups is 8. The zero-order chi connectivity index (χ0) is 66.0. The van der Waals surface area contributed by atoms with Gasteiger partial charge in [0.1, 0.15) is 48.6 Å². The van der Waals surface area contributed by atoms with Crippen molar-refractivity contribution in [3.63, 3.8) is 0 Å². The van der Waals surface area contributed by atoms with Crippen molar-refractivity contribution in [1.82, 2.24) is 47.4 Å². The van der Waals surface area contributed by atoms with E-state index >= 15 is 0 Å². The molecule has 0 saturated heterocycles. The number of unbranched alkanes of at least 4 members (excludes halogenated alkanes) is 1. The van der Waals surface area contributed by atoms with Crippen molar-refractivity contribution in [3.8, 4) is 23.0 Å². The highest BCUT2D eigenvalue weighted by Gasteiger charge is 2.73. The number of esters is 1. The molecule has 0 radical (unpaired) electrons. The van der Waals surface area contributed by atoms with Crippen LogP contribution >= 0.6 is 0 Å². The van der Waals surface area contributed by atoms with E-state index in [1.807, 2.05) is 25.1 Å². The molecule has 0 aromatic heterocycles. The number of hydrogen-bond acceptors (Lipinski definition) is 16.